The highest BCUT2D eigenvalue weighted by atomic mass is 16.5. The first kappa shape index (κ1) is 18.1. The maximum atomic E-state index is 12.4. The van der Waals surface area contributed by atoms with E-state index in [4.69, 9.17) is 4.74 Å². The van der Waals surface area contributed by atoms with Crippen LogP contribution in [0.3, 0.4) is 0 Å². The Hall–Kier alpha value is -2.24. The van der Waals surface area contributed by atoms with E-state index in [1.165, 1.54) is 0 Å². The molecule has 0 aliphatic carbocycles. The third-order valence-corrected chi connectivity index (χ3v) is 5.53. The summed E-state index contributed by atoms with van der Waals surface area (Å²) in [5.74, 6) is 0.673. The van der Waals surface area contributed by atoms with Crippen LogP contribution in [-0.4, -0.2) is 48.1 Å². The van der Waals surface area contributed by atoms with Crippen molar-refractivity contribution in [3.63, 3.8) is 0 Å². The van der Waals surface area contributed by atoms with Crippen LogP contribution in [0.4, 0.5) is 5.69 Å². The molecule has 2 fully saturated rings. The number of nitrogens with zero attached hydrogens (tertiary/aromatic N) is 3. The van der Waals surface area contributed by atoms with Crippen LogP contribution in [0.25, 0.3) is 0 Å². The average molecular weight is 365 g/mol. The maximum absolute atomic E-state index is 12.4. The molecule has 4 rings (SSSR count). The summed E-state index contributed by atoms with van der Waals surface area (Å²) in [7, 11) is 0. The highest BCUT2D eigenvalue weighted by Gasteiger charge is 2.32. The van der Waals surface area contributed by atoms with E-state index in [1.54, 1.807) is 6.20 Å². The van der Waals surface area contributed by atoms with Crippen molar-refractivity contribution < 1.29 is 9.53 Å². The largest absolute Gasteiger partial charge is 0.373 e. The number of pyridine rings is 1. The Labute approximate surface area is 161 Å². The molecule has 0 saturated carbocycles. The van der Waals surface area contributed by atoms with Crippen LogP contribution >= 0.6 is 0 Å². The van der Waals surface area contributed by atoms with Gasteiger partial charge in [-0.25, -0.2) is 0 Å². The van der Waals surface area contributed by atoms with E-state index in [9.17, 15) is 4.79 Å². The molecule has 1 atom stereocenters. The molecule has 5 heteroatoms. The van der Waals surface area contributed by atoms with Gasteiger partial charge in [0.25, 0.3) is 0 Å². The second-order valence-electron chi connectivity index (χ2n) is 7.58. The van der Waals surface area contributed by atoms with E-state index in [0.29, 0.717) is 25.0 Å². The van der Waals surface area contributed by atoms with Crippen LogP contribution in [0.1, 0.15) is 24.8 Å². The van der Waals surface area contributed by atoms with Gasteiger partial charge in [0.05, 0.1) is 12.7 Å². The molecule has 5 nitrogen and oxygen atoms in total. The minimum Gasteiger partial charge on any atom is -0.373 e. The minimum atomic E-state index is 0.251. The van der Waals surface area contributed by atoms with Crippen molar-refractivity contribution >= 4 is 11.6 Å². The molecule has 142 valence electrons. The molecule has 0 spiro atoms. The zero-order chi connectivity index (χ0) is 18.5. The molecule has 2 aliphatic rings. The highest BCUT2D eigenvalue weighted by molar-refractivity contribution is 5.95. The van der Waals surface area contributed by atoms with Crippen molar-refractivity contribution in [2.45, 2.75) is 32.0 Å². The fourth-order valence-electron chi connectivity index (χ4n) is 4.08. The van der Waals surface area contributed by atoms with Crippen LogP contribution in [0.5, 0.6) is 0 Å². The first-order valence-electron chi connectivity index (χ1n) is 9.86. The predicted molar refractivity (Wildman–Crippen MR) is 105 cm³/mol. The third-order valence-electron chi connectivity index (χ3n) is 5.53. The van der Waals surface area contributed by atoms with Gasteiger partial charge in [-0.3, -0.25) is 9.78 Å². The van der Waals surface area contributed by atoms with Crippen LogP contribution in [0.2, 0.25) is 0 Å². The van der Waals surface area contributed by atoms with Crippen molar-refractivity contribution in [1.82, 2.24) is 9.88 Å². The van der Waals surface area contributed by atoms with E-state index in [1.807, 2.05) is 47.5 Å². The van der Waals surface area contributed by atoms with Crippen molar-refractivity contribution in [2.24, 2.45) is 5.92 Å². The molecule has 0 unspecified atom stereocenters. The number of anilines is 1. The van der Waals surface area contributed by atoms with Gasteiger partial charge in [-0.15, -0.1) is 0 Å². The summed E-state index contributed by atoms with van der Waals surface area (Å²) in [6.45, 7) is 4.58. The van der Waals surface area contributed by atoms with Gasteiger partial charge in [-0.05, 0) is 42.5 Å². The molecule has 0 radical (unpaired) electrons. The summed E-state index contributed by atoms with van der Waals surface area (Å²) in [6, 6.07) is 14.0. The van der Waals surface area contributed by atoms with Crippen LogP contribution in [-0.2, 0) is 16.1 Å². The molecule has 1 aromatic carbocycles. The number of carbonyl (C=O) groups is 1. The number of hydrogen-bond donors (Lipinski definition) is 0. The van der Waals surface area contributed by atoms with Gasteiger partial charge in [-0.2, -0.15) is 0 Å². The Morgan fingerprint density at radius 3 is 2.63 bits per heavy atom. The van der Waals surface area contributed by atoms with E-state index in [-0.39, 0.29) is 5.91 Å². The normalized spacial score (nSPS) is 21.7. The number of rotatable bonds is 6. The first-order valence-corrected chi connectivity index (χ1v) is 9.86. The Balaban J connectivity index is 1.21. The minimum absolute atomic E-state index is 0.251. The number of likely N-dealkylation sites (tertiary alicyclic amines) is 1. The molecule has 2 aromatic rings. The Morgan fingerprint density at radius 1 is 1.07 bits per heavy atom. The van der Waals surface area contributed by atoms with Gasteiger partial charge < -0.3 is 14.5 Å². The van der Waals surface area contributed by atoms with E-state index < -0.39 is 0 Å². The molecule has 2 aliphatic heterocycles. The molecule has 0 bridgehead atoms. The monoisotopic (exact) mass is 365 g/mol. The molecule has 1 aromatic heterocycles. The predicted octanol–water partition coefficient (Wildman–Crippen LogP) is 3.12. The number of ether oxygens (including phenoxy) is 1. The third kappa shape index (κ3) is 4.73. The lowest BCUT2D eigenvalue weighted by molar-refractivity contribution is -0.117. The number of hydrogen-bond acceptors (Lipinski definition) is 4. The number of benzene rings is 1. The number of aromatic nitrogens is 1. The molecule has 2 saturated heterocycles. The van der Waals surface area contributed by atoms with Crippen molar-refractivity contribution in [3.05, 3.63) is 60.4 Å². The highest BCUT2D eigenvalue weighted by Crippen LogP contribution is 2.26. The standard InChI is InChI=1S/C22H27N3O2/c26-22-13-19(16-25(22)20-6-2-1-3-7-20)15-24-11-8-21(9-12-24)27-17-18-5-4-10-23-14-18/h1-7,10,14,19,21H,8-9,11-13,15-17H2/t19-/m0/s1. The molecule has 1 amide bonds. The van der Waals surface area contributed by atoms with Gasteiger partial charge in [0.15, 0.2) is 0 Å². The van der Waals surface area contributed by atoms with Gasteiger partial charge in [0, 0.05) is 50.7 Å². The van der Waals surface area contributed by atoms with Crippen LogP contribution < -0.4 is 4.90 Å². The number of para-hydroxylation sites is 1. The van der Waals surface area contributed by atoms with Gasteiger partial charge in [0.2, 0.25) is 5.91 Å². The van der Waals surface area contributed by atoms with Crippen LogP contribution in [0.15, 0.2) is 54.9 Å². The second kappa shape index (κ2) is 8.63. The lowest BCUT2D eigenvalue weighted by Crippen LogP contribution is -2.40. The van der Waals surface area contributed by atoms with E-state index in [0.717, 1.165) is 50.3 Å². The SMILES string of the molecule is O=C1C[C@@H](CN2CCC(OCc3cccnc3)CC2)CN1c1ccccc1. The number of amides is 1. The maximum Gasteiger partial charge on any atom is 0.227 e. The Bertz CT molecular complexity index is 730. The van der Waals surface area contributed by atoms with Gasteiger partial charge in [0.1, 0.15) is 0 Å². The van der Waals surface area contributed by atoms with Gasteiger partial charge >= 0.3 is 0 Å². The summed E-state index contributed by atoms with van der Waals surface area (Å²) in [5, 5.41) is 0. The Kier molecular flexibility index (Phi) is 5.80. The number of piperidine rings is 1. The summed E-state index contributed by atoms with van der Waals surface area (Å²) in [5.41, 5.74) is 2.15. The fourth-order valence-corrected chi connectivity index (χ4v) is 4.08. The second-order valence-corrected chi connectivity index (χ2v) is 7.58. The smallest absolute Gasteiger partial charge is 0.227 e. The summed E-state index contributed by atoms with van der Waals surface area (Å²) in [6.07, 6.45) is 6.76. The molecule has 3 heterocycles. The molecular formula is C22H27N3O2. The zero-order valence-corrected chi connectivity index (χ0v) is 15.7. The topological polar surface area (TPSA) is 45.7 Å². The first-order chi connectivity index (χ1) is 13.3. The summed E-state index contributed by atoms with van der Waals surface area (Å²) < 4.78 is 6.05. The van der Waals surface area contributed by atoms with Crippen molar-refractivity contribution in [2.75, 3.05) is 31.1 Å². The molecule has 27 heavy (non-hydrogen) atoms. The van der Waals surface area contributed by atoms with Gasteiger partial charge in [-0.1, -0.05) is 24.3 Å². The zero-order valence-electron chi connectivity index (χ0n) is 15.7. The van der Waals surface area contributed by atoms with Crippen molar-refractivity contribution in [1.29, 1.82) is 0 Å². The number of carbonyl (C=O) groups excluding carboxylic acids is 1. The quantitative estimate of drug-likeness (QED) is 0.789. The average Bonchev–Trinajstić information content (AvgIpc) is 3.09. The summed E-state index contributed by atoms with van der Waals surface area (Å²) in [4.78, 5) is 20.9. The lowest BCUT2D eigenvalue weighted by atomic mass is 10.0. The lowest BCUT2D eigenvalue weighted by Gasteiger charge is -2.33. The van der Waals surface area contributed by atoms with E-state index >= 15 is 0 Å². The van der Waals surface area contributed by atoms with E-state index in [2.05, 4.69) is 16.0 Å². The van der Waals surface area contributed by atoms with Crippen molar-refractivity contribution in [3.8, 4) is 0 Å². The summed E-state index contributed by atoms with van der Waals surface area (Å²) >= 11 is 0. The fraction of sp³-hybridized carbons (Fsp3) is 0.455. The Morgan fingerprint density at radius 2 is 1.89 bits per heavy atom. The molecule has 0 N–H and O–H groups in total. The molecular weight excluding hydrogens is 338 g/mol. The van der Waals surface area contributed by atoms with Crippen LogP contribution in [0, 0.1) is 5.92 Å².